The molecule has 0 unspecified atom stereocenters. The Bertz CT molecular complexity index is 799. The lowest BCUT2D eigenvalue weighted by Crippen LogP contribution is -2.34. The lowest BCUT2D eigenvalue weighted by Gasteiger charge is -2.18. The lowest BCUT2D eigenvalue weighted by atomic mass is 10.2. The fraction of sp³-hybridized carbons (Fsp3) is 0.333. The van der Waals surface area contributed by atoms with E-state index in [1.807, 2.05) is 0 Å². The van der Waals surface area contributed by atoms with Gasteiger partial charge in [0.25, 0.3) is 0 Å². The van der Waals surface area contributed by atoms with Crippen molar-refractivity contribution in [1.29, 1.82) is 0 Å². The van der Waals surface area contributed by atoms with Crippen LogP contribution in [0, 0.1) is 12.7 Å². The largest absolute Gasteiger partial charge is 0.338 e. The predicted molar refractivity (Wildman–Crippen MR) is 83.1 cm³/mol. The molecule has 124 valence electrons. The second-order valence-electron chi connectivity index (χ2n) is 5.25. The molecule has 2 atom stereocenters. The summed E-state index contributed by atoms with van der Waals surface area (Å²) in [4.78, 5) is 12.1. The molecule has 1 aromatic carbocycles. The van der Waals surface area contributed by atoms with Crippen LogP contribution in [0.2, 0.25) is 0 Å². The molecule has 1 amide bonds. The molecule has 2 rings (SSSR count). The van der Waals surface area contributed by atoms with Crippen LogP contribution in [0.1, 0.15) is 30.4 Å². The average Bonchev–Trinajstić information content (AvgIpc) is 2.91. The maximum absolute atomic E-state index is 12.9. The monoisotopic (exact) mass is 340 g/mol. The van der Waals surface area contributed by atoms with E-state index in [0.29, 0.717) is 11.3 Å². The molecule has 0 bridgehead atoms. The van der Waals surface area contributed by atoms with E-state index >= 15 is 0 Å². The molecule has 23 heavy (non-hydrogen) atoms. The van der Waals surface area contributed by atoms with E-state index in [0.717, 1.165) is 0 Å². The van der Waals surface area contributed by atoms with Gasteiger partial charge in [0.05, 0.1) is 10.9 Å². The van der Waals surface area contributed by atoms with Crippen molar-refractivity contribution in [3.05, 3.63) is 47.4 Å². The number of benzene rings is 1. The molecule has 0 fully saturated rings. The van der Waals surface area contributed by atoms with E-state index in [1.165, 1.54) is 44.2 Å². The number of amides is 1. The molecule has 1 heterocycles. The van der Waals surface area contributed by atoms with Gasteiger partial charge in [0.2, 0.25) is 11.8 Å². The van der Waals surface area contributed by atoms with Crippen molar-refractivity contribution in [3.8, 4) is 0 Å². The predicted octanol–water partition coefficient (Wildman–Crippen LogP) is 2.63. The van der Waals surface area contributed by atoms with Crippen molar-refractivity contribution in [3.63, 3.8) is 0 Å². The van der Waals surface area contributed by atoms with Crippen LogP contribution in [0.25, 0.3) is 0 Å². The van der Waals surface area contributed by atoms with E-state index < -0.39 is 32.1 Å². The van der Waals surface area contributed by atoms with Crippen LogP contribution in [-0.4, -0.2) is 24.7 Å². The van der Waals surface area contributed by atoms with Crippen LogP contribution in [-0.2, 0) is 14.6 Å². The molecule has 1 aromatic heterocycles. The van der Waals surface area contributed by atoms with Gasteiger partial charge in [-0.15, -0.1) is 0 Å². The average molecular weight is 340 g/mol. The van der Waals surface area contributed by atoms with E-state index in [4.69, 9.17) is 4.52 Å². The van der Waals surface area contributed by atoms with Crippen molar-refractivity contribution in [1.82, 2.24) is 5.16 Å². The third-order valence-electron chi connectivity index (χ3n) is 3.57. The topological polar surface area (TPSA) is 89.3 Å². The van der Waals surface area contributed by atoms with Gasteiger partial charge in [-0.3, -0.25) is 10.1 Å². The fourth-order valence-electron chi connectivity index (χ4n) is 2.02. The first-order valence-corrected chi connectivity index (χ1v) is 8.55. The minimum Gasteiger partial charge on any atom is -0.338 e. The van der Waals surface area contributed by atoms with Gasteiger partial charge >= 0.3 is 0 Å². The van der Waals surface area contributed by atoms with Crippen molar-refractivity contribution in [2.45, 2.75) is 31.3 Å². The first-order chi connectivity index (χ1) is 10.7. The molecule has 0 aliphatic rings. The van der Waals surface area contributed by atoms with Gasteiger partial charge in [-0.1, -0.05) is 17.3 Å². The molecular weight excluding hydrogens is 323 g/mol. The van der Waals surface area contributed by atoms with Crippen molar-refractivity contribution in [2.75, 3.05) is 5.32 Å². The number of nitrogens with zero attached hydrogens (tertiary/aromatic N) is 1. The zero-order valence-electron chi connectivity index (χ0n) is 12.9. The summed E-state index contributed by atoms with van der Waals surface area (Å²) in [6.07, 6.45) is 0. The SMILES string of the molecule is Cc1cc(NC(=O)[C@H](C)S(=O)(=O)[C@@H](C)c2ccc(F)cc2)on1. The van der Waals surface area contributed by atoms with Crippen molar-refractivity contribution >= 4 is 21.6 Å². The Kier molecular flexibility index (Phi) is 4.84. The Morgan fingerprint density at radius 2 is 1.87 bits per heavy atom. The summed E-state index contributed by atoms with van der Waals surface area (Å²) in [6.45, 7) is 4.44. The van der Waals surface area contributed by atoms with Crippen LogP contribution in [0.4, 0.5) is 10.3 Å². The number of rotatable bonds is 5. The zero-order chi connectivity index (χ0) is 17.2. The molecule has 0 radical (unpaired) electrons. The van der Waals surface area contributed by atoms with Gasteiger partial charge in [-0.2, -0.15) is 0 Å². The molecule has 8 heteroatoms. The van der Waals surface area contributed by atoms with Gasteiger partial charge in [-0.25, -0.2) is 12.8 Å². The number of hydrogen-bond donors (Lipinski definition) is 1. The number of aryl methyl sites for hydroxylation is 1. The maximum Gasteiger partial charge on any atom is 0.244 e. The number of carbonyl (C=O) groups is 1. The number of halogens is 1. The molecular formula is C15H17FN2O4S. The smallest absolute Gasteiger partial charge is 0.244 e. The lowest BCUT2D eigenvalue weighted by molar-refractivity contribution is -0.115. The first kappa shape index (κ1) is 17.1. The van der Waals surface area contributed by atoms with Crippen LogP contribution in [0.3, 0.4) is 0 Å². The molecule has 6 nitrogen and oxygen atoms in total. The zero-order valence-corrected chi connectivity index (χ0v) is 13.7. The minimum atomic E-state index is -3.81. The summed E-state index contributed by atoms with van der Waals surface area (Å²) in [7, 11) is -3.81. The van der Waals surface area contributed by atoms with Gasteiger partial charge in [0.1, 0.15) is 11.1 Å². The fourth-order valence-corrected chi connectivity index (χ4v) is 3.53. The number of hydrogen-bond acceptors (Lipinski definition) is 5. The third kappa shape index (κ3) is 3.76. The highest BCUT2D eigenvalue weighted by Crippen LogP contribution is 2.26. The highest BCUT2D eigenvalue weighted by molar-refractivity contribution is 7.93. The Labute approximate surface area is 133 Å². The number of aromatic nitrogens is 1. The summed E-state index contributed by atoms with van der Waals surface area (Å²) >= 11 is 0. The summed E-state index contributed by atoms with van der Waals surface area (Å²) in [6, 6.07) is 6.64. The summed E-state index contributed by atoms with van der Waals surface area (Å²) < 4.78 is 42.9. The van der Waals surface area contributed by atoms with Gasteiger partial charge in [0.15, 0.2) is 9.84 Å². The van der Waals surface area contributed by atoms with Crippen LogP contribution >= 0.6 is 0 Å². The van der Waals surface area contributed by atoms with E-state index in [1.54, 1.807) is 6.92 Å². The van der Waals surface area contributed by atoms with Crippen LogP contribution < -0.4 is 5.32 Å². The van der Waals surface area contributed by atoms with E-state index in [9.17, 15) is 17.6 Å². The molecule has 0 spiro atoms. The van der Waals surface area contributed by atoms with Crippen molar-refractivity contribution in [2.24, 2.45) is 0 Å². The third-order valence-corrected chi connectivity index (χ3v) is 6.03. The van der Waals surface area contributed by atoms with Gasteiger partial charge in [0, 0.05) is 6.07 Å². The second-order valence-corrected chi connectivity index (χ2v) is 7.84. The molecule has 1 N–H and O–H groups in total. The van der Waals surface area contributed by atoms with Crippen LogP contribution in [0.15, 0.2) is 34.9 Å². The standard InChI is InChI=1S/C15H17FN2O4S/c1-9-8-14(22-18-9)17-15(19)11(3)23(20,21)10(2)12-4-6-13(16)7-5-12/h4-8,10-11H,1-3H3,(H,17,19)/t10-,11-/m0/s1. The Balaban J connectivity index is 2.16. The Hall–Kier alpha value is -2.22. The molecule has 0 aliphatic heterocycles. The summed E-state index contributed by atoms with van der Waals surface area (Å²) in [5, 5.41) is 3.74. The van der Waals surface area contributed by atoms with Crippen LogP contribution in [0.5, 0.6) is 0 Å². The van der Waals surface area contributed by atoms with Gasteiger partial charge < -0.3 is 4.52 Å². The first-order valence-electron chi connectivity index (χ1n) is 6.94. The second kappa shape index (κ2) is 6.49. The minimum absolute atomic E-state index is 0.0870. The quantitative estimate of drug-likeness (QED) is 0.904. The van der Waals surface area contributed by atoms with Crippen molar-refractivity contribution < 1.29 is 22.1 Å². The van der Waals surface area contributed by atoms with E-state index in [2.05, 4.69) is 10.5 Å². The number of sulfone groups is 1. The normalized spacial score (nSPS) is 14.3. The summed E-state index contributed by atoms with van der Waals surface area (Å²) in [5.41, 5.74) is 0.983. The highest BCUT2D eigenvalue weighted by Gasteiger charge is 2.34. The Morgan fingerprint density at radius 1 is 1.26 bits per heavy atom. The molecule has 0 saturated carbocycles. The number of nitrogens with one attached hydrogen (secondary N) is 1. The summed E-state index contributed by atoms with van der Waals surface area (Å²) in [5.74, 6) is -1.08. The maximum atomic E-state index is 12.9. The van der Waals surface area contributed by atoms with Gasteiger partial charge in [-0.05, 0) is 38.5 Å². The molecule has 0 saturated heterocycles. The van der Waals surface area contributed by atoms with E-state index in [-0.39, 0.29) is 5.88 Å². The Morgan fingerprint density at radius 3 is 2.39 bits per heavy atom. The molecule has 2 aromatic rings. The highest BCUT2D eigenvalue weighted by atomic mass is 32.2. The molecule has 0 aliphatic carbocycles. The number of carbonyl (C=O) groups excluding carboxylic acids is 1. The number of anilines is 1.